The summed E-state index contributed by atoms with van der Waals surface area (Å²) < 4.78 is 10.4. The Labute approximate surface area is 69.2 Å². The summed E-state index contributed by atoms with van der Waals surface area (Å²) in [6.07, 6.45) is 1.81. The van der Waals surface area contributed by atoms with Crippen LogP contribution in [0.15, 0.2) is 12.7 Å². The average molecular weight is 158 g/mol. The van der Waals surface area contributed by atoms with Gasteiger partial charge in [-0.1, -0.05) is 19.9 Å². The lowest BCUT2D eigenvalue weighted by Gasteiger charge is -2.32. The molecule has 0 rings (SSSR count). The first-order chi connectivity index (χ1) is 5.13. The molecule has 0 aromatic heterocycles. The van der Waals surface area contributed by atoms with Gasteiger partial charge in [-0.2, -0.15) is 0 Å². The molecule has 0 fully saturated rings. The molecular formula is C9H18O2. The lowest BCUT2D eigenvalue weighted by molar-refractivity contribution is -0.0585. The van der Waals surface area contributed by atoms with Gasteiger partial charge in [0.2, 0.25) is 0 Å². The Morgan fingerprint density at radius 3 is 2.09 bits per heavy atom. The molecule has 0 bridgehead atoms. The highest BCUT2D eigenvalue weighted by atomic mass is 16.5. The minimum absolute atomic E-state index is 0.325. The molecule has 0 saturated heterocycles. The summed E-state index contributed by atoms with van der Waals surface area (Å²) in [6.45, 7) is 8.47. The van der Waals surface area contributed by atoms with Crippen LogP contribution in [-0.2, 0) is 9.47 Å². The fourth-order valence-corrected chi connectivity index (χ4v) is 1.06. The number of hydrogen-bond acceptors (Lipinski definition) is 2. The molecule has 0 unspecified atom stereocenters. The zero-order valence-corrected chi connectivity index (χ0v) is 7.89. The molecule has 0 aliphatic heterocycles. The Morgan fingerprint density at radius 2 is 2.00 bits per heavy atom. The number of rotatable bonds is 5. The van der Waals surface area contributed by atoms with Gasteiger partial charge in [-0.15, -0.1) is 6.58 Å². The fourth-order valence-electron chi connectivity index (χ4n) is 1.06. The van der Waals surface area contributed by atoms with E-state index in [2.05, 4.69) is 20.4 Å². The molecule has 0 heterocycles. The van der Waals surface area contributed by atoms with Crippen LogP contribution < -0.4 is 0 Å². The third-order valence-electron chi connectivity index (χ3n) is 2.07. The van der Waals surface area contributed by atoms with E-state index in [-0.39, 0.29) is 5.60 Å². The monoisotopic (exact) mass is 158 g/mol. The summed E-state index contributed by atoms with van der Waals surface area (Å²) in [6, 6.07) is 0. The molecule has 66 valence electrons. The summed E-state index contributed by atoms with van der Waals surface area (Å²) in [5.74, 6) is 0.380. The minimum Gasteiger partial charge on any atom is -0.381 e. The molecule has 0 aromatic carbocycles. The maximum absolute atomic E-state index is 5.35. The van der Waals surface area contributed by atoms with Crippen molar-refractivity contribution >= 4 is 0 Å². The van der Waals surface area contributed by atoms with Crippen molar-refractivity contribution in [3.8, 4) is 0 Å². The molecule has 0 spiro atoms. The highest BCUT2D eigenvalue weighted by molar-refractivity contribution is 4.99. The van der Waals surface area contributed by atoms with Crippen molar-refractivity contribution in [2.45, 2.75) is 19.4 Å². The summed E-state index contributed by atoms with van der Waals surface area (Å²) in [4.78, 5) is 0. The van der Waals surface area contributed by atoms with Crippen molar-refractivity contribution in [3.05, 3.63) is 12.7 Å². The van der Waals surface area contributed by atoms with E-state index in [1.807, 2.05) is 0 Å². The van der Waals surface area contributed by atoms with Gasteiger partial charge in [-0.05, 0) is 5.92 Å². The third-order valence-corrected chi connectivity index (χ3v) is 2.07. The van der Waals surface area contributed by atoms with Gasteiger partial charge < -0.3 is 9.47 Å². The maximum atomic E-state index is 5.35. The molecule has 0 saturated carbocycles. The van der Waals surface area contributed by atoms with Gasteiger partial charge in [-0.3, -0.25) is 0 Å². The molecule has 0 aliphatic carbocycles. The lowest BCUT2D eigenvalue weighted by atomic mass is 9.91. The summed E-state index contributed by atoms with van der Waals surface area (Å²) in [5, 5.41) is 0. The van der Waals surface area contributed by atoms with E-state index < -0.39 is 0 Å². The van der Waals surface area contributed by atoms with E-state index in [0.717, 1.165) is 0 Å². The van der Waals surface area contributed by atoms with Crippen LogP contribution in [0.25, 0.3) is 0 Å². The van der Waals surface area contributed by atoms with E-state index in [1.165, 1.54) is 0 Å². The topological polar surface area (TPSA) is 18.5 Å². The van der Waals surface area contributed by atoms with Gasteiger partial charge in [0.1, 0.15) is 5.60 Å². The molecule has 0 radical (unpaired) electrons. The third kappa shape index (κ3) is 2.31. The molecule has 11 heavy (non-hydrogen) atoms. The molecule has 2 nitrogen and oxygen atoms in total. The largest absolute Gasteiger partial charge is 0.381 e. The maximum Gasteiger partial charge on any atom is 0.111 e. The Kier molecular flexibility index (Phi) is 4.38. The molecule has 0 N–H and O–H groups in total. The van der Waals surface area contributed by atoms with Crippen molar-refractivity contribution in [2.24, 2.45) is 5.92 Å². The van der Waals surface area contributed by atoms with Gasteiger partial charge in [0.05, 0.1) is 6.61 Å². The summed E-state index contributed by atoms with van der Waals surface area (Å²) in [5.41, 5.74) is -0.325. The highest BCUT2D eigenvalue weighted by Crippen LogP contribution is 2.22. The van der Waals surface area contributed by atoms with Gasteiger partial charge in [0.25, 0.3) is 0 Å². The van der Waals surface area contributed by atoms with Crippen LogP contribution in [0.4, 0.5) is 0 Å². The van der Waals surface area contributed by atoms with Crippen LogP contribution in [-0.4, -0.2) is 26.4 Å². The van der Waals surface area contributed by atoms with Crippen molar-refractivity contribution in [1.82, 2.24) is 0 Å². The van der Waals surface area contributed by atoms with Gasteiger partial charge in [0, 0.05) is 14.2 Å². The standard InChI is InChI=1S/C9H18O2/c1-6-9(11-5,7-10-4)8(2)3/h6,8H,1,7H2,2-5H3/t9-/m0/s1. The minimum atomic E-state index is -0.325. The van der Waals surface area contributed by atoms with Crippen LogP contribution in [0.1, 0.15) is 13.8 Å². The van der Waals surface area contributed by atoms with Crippen molar-refractivity contribution in [3.63, 3.8) is 0 Å². The first kappa shape index (κ1) is 10.7. The Hall–Kier alpha value is -0.340. The predicted molar refractivity (Wildman–Crippen MR) is 46.7 cm³/mol. The van der Waals surface area contributed by atoms with Crippen LogP contribution >= 0.6 is 0 Å². The number of methoxy groups -OCH3 is 2. The molecule has 0 aliphatic rings. The fraction of sp³-hybridized carbons (Fsp3) is 0.778. The zero-order chi connectivity index (χ0) is 8.91. The Balaban J connectivity index is 4.32. The molecule has 0 aromatic rings. The van der Waals surface area contributed by atoms with Gasteiger partial charge in [-0.25, -0.2) is 0 Å². The summed E-state index contributed by atoms with van der Waals surface area (Å²) >= 11 is 0. The molecule has 2 heteroatoms. The Bertz CT molecular complexity index is 121. The van der Waals surface area contributed by atoms with Gasteiger partial charge in [0.15, 0.2) is 0 Å². The highest BCUT2D eigenvalue weighted by Gasteiger charge is 2.29. The Morgan fingerprint density at radius 1 is 1.45 bits per heavy atom. The van der Waals surface area contributed by atoms with Crippen LogP contribution in [0, 0.1) is 5.92 Å². The quantitative estimate of drug-likeness (QED) is 0.568. The first-order valence-corrected chi connectivity index (χ1v) is 3.80. The van der Waals surface area contributed by atoms with E-state index in [0.29, 0.717) is 12.5 Å². The van der Waals surface area contributed by atoms with Crippen molar-refractivity contribution < 1.29 is 9.47 Å². The second kappa shape index (κ2) is 4.52. The van der Waals surface area contributed by atoms with E-state index in [9.17, 15) is 0 Å². The number of ether oxygens (including phenoxy) is 2. The van der Waals surface area contributed by atoms with Gasteiger partial charge >= 0.3 is 0 Å². The second-order valence-electron chi connectivity index (χ2n) is 2.95. The molecule has 1 atom stereocenters. The average Bonchev–Trinajstić information content (AvgIpc) is 2.00. The normalized spacial score (nSPS) is 16.5. The van der Waals surface area contributed by atoms with Crippen LogP contribution in [0.3, 0.4) is 0 Å². The first-order valence-electron chi connectivity index (χ1n) is 3.80. The van der Waals surface area contributed by atoms with E-state index in [4.69, 9.17) is 9.47 Å². The molecule has 0 amide bonds. The van der Waals surface area contributed by atoms with Crippen molar-refractivity contribution in [1.29, 1.82) is 0 Å². The van der Waals surface area contributed by atoms with Crippen molar-refractivity contribution in [2.75, 3.05) is 20.8 Å². The van der Waals surface area contributed by atoms with Crippen LogP contribution in [0.5, 0.6) is 0 Å². The predicted octanol–water partition coefficient (Wildman–Crippen LogP) is 1.86. The smallest absolute Gasteiger partial charge is 0.111 e. The lowest BCUT2D eigenvalue weighted by Crippen LogP contribution is -2.39. The summed E-state index contributed by atoms with van der Waals surface area (Å²) in [7, 11) is 3.35. The second-order valence-corrected chi connectivity index (χ2v) is 2.95. The molecular weight excluding hydrogens is 140 g/mol. The number of hydrogen-bond donors (Lipinski definition) is 0. The van der Waals surface area contributed by atoms with E-state index in [1.54, 1.807) is 20.3 Å². The van der Waals surface area contributed by atoms with E-state index >= 15 is 0 Å². The SMILES string of the molecule is C=C[C@@](COC)(OC)C(C)C. The zero-order valence-electron chi connectivity index (χ0n) is 7.89. The van der Waals surface area contributed by atoms with Crippen LogP contribution in [0.2, 0.25) is 0 Å².